The van der Waals surface area contributed by atoms with Crippen LogP contribution in [0.15, 0.2) is 18.2 Å². The third-order valence-corrected chi connectivity index (χ3v) is 4.81. The summed E-state index contributed by atoms with van der Waals surface area (Å²) in [6.45, 7) is 5.27. The smallest absolute Gasteiger partial charge is 0.301 e. The molecule has 5 nitrogen and oxygen atoms in total. The zero-order chi connectivity index (χ0) is 16.0. The Balaban J connectivity index is 2.59. The normalized spacial score (nSPS) is 12.1. The van der Waals surface area contributed by atoms with Gasteiger partial charge in [-0.25, -0.2) is 0 Å². The van der Waals surface area contributed by atoms with E-state index in [1.54, 1.807) is 6.07 Å². The van der Waals surface area contributed by atoms with E-state index in [1.807, 2.05) is 13.8 Å². The fourth-order valence-electron chi connectivity index (χ4n) is 1.60. The summed E-state index contributed by atoms with van der Waals surface area (Å²) >= 11 is 11.7. The van der Waals surface area contributed by atoms with Gasteiger partial charge < -0.3 is 5.32 Å². The second-order valence-corrected chi connectivity index (χ2v) is 7.64. The third-order valence-electron chi connectivity index (χ3n) is 2.78. The second-order valence-electron chi connectivity index (χ2n) is 5.02. The summed E-state index contributed by atoms with van der Waals surface area (Å²) in [5.74, 6) is 0. The molecule has 0 radical (unpaired) electrons. The summed E-state index contributed by atoms with van der Waals surface area (Å²) in [5, 5.41) is 3.96. The molecule has 1 rings (SSSR count). The first kappa shape index (κ1) is 18.5. The number of nitrogens with one attached hydrogen (secondary N) is 2. The predicted octanol–water partition coefficient (Wildman–Crippen LogP) is 2.97. The average Bonchev–Trinajstić information content (AvgIpc) is 2.37. The van der Waals surface area contributed by atoms with Crippen LogP contribution in [-0.4, -0.2) is 38.9 Å². The van der Waals surface area contributed by atoms with Crippen LogP contribution in [0.1, 0.15) is 20.3 Å². The first-order valence-corrected chi connectivity index (χ1v) is 8.84. The van der Waals surface area contributed by atoms with Crippen LogP contribution in [0, 0.1) is 0 Å². The topological polar surface area (TPSA) is 61.4 Å². The molecule has 0 atom stereocenters. The molecule has 0 saturated heterocycles. The molecule has 2 N–H and O–H groups in total. The zero-order valence-corrected chi connectivity index (χ0v) is 14.7. The summed E-state index contributed by atoms with van der Waals surface area (Å²) in [6, 6.07) is 5.00. The maximum Gasteiger partial charge on any atom is 0.301 e. The summed E-state index contributed by atoms with van der Waals surface area (Å²) < 4.78 is 28.1. The number of halogens is 2. The van der Waals surface area contributed by atoms with Crippen LogP contribution in [0.3, 0.4) is 0 Å². The zero-order valence-electron chi connectivity index (χ0n) is 12.4. The van der Waals surface area contributed by atoms with E-state index in [0.29, 0.717) is 23.3 Å². The Labute approximate surface area is 136 Å². The molecular weight excluding hydrogens is 333 g/mol. The quantitative estimate of drug-likeness (QED) is 0.706. The van der Waals surface area contributed by atoms with Gasteiger partial charge in [0, 0.05) is 24.7 Å². The minimum atomic E-state index is -3.62. The van der Waals surface area contributed by atoms with E-state index in [0.717, 1.165) is 13.0 Å². The van der Waals surface area contributed by atoms with E-state index >= 15 is 0 Å². The largest absolute Gasteiger partial charge is 0.314 e. The molecule has 0 aromatic heterocycles. The van der Waals surface area contributed by atoms with Crippen molar-refractivity contribution < 1.29 is 8.42 Å². The summed E-state index contributed by atoms with van der Waals surface area (Å²) in [4.78, 5) is 0. The van der Waals surface area contributed by atoms with Crippen LogP contribution < -0.4 is 10.0 Å². The minimum Gasteiger partial charge on any atom is -0.314 e. The van der Waals surface area contributed by atoms with Crippen molar-refractivity contribution in [1.29, 1.82) is 0 Å². The van der Waals surface area contributed by atoms with Gasteiger partial charge in [-0.2, -0.15) is 12.7 Å². The van der Waals surface area contributed by atoms with Crippen LogP contribution in [0.25, 0.3) is 0 Å². The predicted molar refractivity (Wildman–Crippen MR) is 89.4 cm³/mol. The van der Waals surface area contributed by atoms with Gasteiger partial charge in [0.25, 0.3) is 0 Å². The fraction of sp³-hybridized carbons (Fsp3) is 0.538. The van der Waals surface area contributed by atoms with Gasteiger partial charge in [0.1, 0.15) is 0 Å². The summed E-state index contributed by atoms with van der Waals surface area (Å²) in [6.07, 6.45) is 0.726. The number of benzene rings is 1. The molecule has 0 saturated carbocycles. The molecule has 1 aromatic rings. The van der Waals surface area contributed by atoms with Crippen molar-refractivity contribution in [3.8, 4) is 0 Å². The Bertz CT molecular complexity index is 565. The molecule has 0 fully saturated rings. The monoisotopic (exact) mass is 353 g/mol. The van der Waals surface area contributed by atoms with Gasteiger partial charge in [0.15, 0.2) is 0 Å². The second kappa shape index (κ2) is 8.19. The highest BCUT2D eigenvalue weighted by Crippen LogP contribution is 2.26. The fourth-order valence-corrected chi connectivity index (χ4v) is 3.09. The molecule has 0 unspecified atom stereocenters. The van der Waals surface area contributed by atoms with Crippen LogP contribution >= 0.6 is 23.2 Å². The number of anilines is 1. The van der Waals surface area contributed by atoms with Crippen molar-refractivity contribution in [2.45, 2.75) is 26.3 Å². The first-order valence-electron chi connectivity index (χ1n) is 6.65. The van der Waals surface area contributed by atoms with Crippen LogP contribution in [-0.2, 0) is 10.2 Å². The number of nitrogens with zero attached hydrogens (tertiary/aromatic N) is 1. The number of hydrogen-bond acceptors (Lipinski definition) is 3. The molecule has 0 amide bonds. The van der Waals surface area contributed by atoms with E-state index in [1.165, 1.54) is 23.5 Å². The van der Waals surface area contributed by atoms with E-state index in [-0.39, 0.29) is 5.02 Å². The average molecular weight is 354 g/mol. The van der Waals surface area contributed by atoms with Gasteiger partial charge in [0.2, 0.25) is 0 Å². The third kappa shape index (κ3) is 6.40. The Morgan fingerprint density at radius 3 is 2.52 bits per heavy atom. The molecule has 8 heteroatoms. The Morgan fingerprint density at radius 2 is 1.95 bits per heavy atom. The van der Waals surface area contributed by atoms with Crippen molar-refractivity contribution in [3.63, 3.8) is 0 Å². The highest BCUT2D eigenvalue weighted by Gasteiger charge is 2.18. The lowest BCUT2D eigenvalue weighted by atomic mass is 10.3. The van der Waals surface area contributed by atoms with E-state index in [2.05, 4.69) is 10.0 Å². The summed E-state index contributed by atoms with van der Waals surface area (Å²) in [7, 11) is -2.09. The molecule has 0 aliphatic carbocycles. The van der Waals surface area contributed by atoms with E-state index in [9.17, 15) is 8.42 Å². The van der Waals surface area contributed by atoms with Gasteiger partial charge in [0.05, 0.1) is 10.7 Å². The van der Waals surface area contributed by atoms with E-state index in [4.69, 9.17) is 23.2 Å². The molecule has 0 aliphatic heterocycles. The summed E-state index contributed by atoms with van der Waals surface area (Å²) in [5.41, 5.74) is 0.313. The lowest BCUT2D eigenvalue weighted by Crippen LogP contribution is -2.35. The van der Waals surface area contributed by atoms with Gasteiger partial charge in [-0.15, -0.1) is 0 Å². The molecule has 0 spiro atoms. The van der Waals surface area contributed by atoms with Crippen molar-refractivity contribution in [1.82, 2.24) is 9.62 Å². The molecule has 1 aromatic carbocycles. The van der Waals surface area contributed by atoms with Gasteiger partial charge in [-0.1, -0.05) is 37.0 Å². The molecule has 120 valence electrons. The highest BCUT2D eigenvalue weighted by atomic mass is 35.5. The molecule has 21 heavy (non-hydrogen) atoms. The SMILES string of the molecule is CC(C)NCCCN(C)S(=O)(=O)Nc1ccc(Cl)cc1Cl. The van der Waals surface area contributed by atoms with Gasteiger partial charge in [-0.3, -0.25) is 4.72 Å². The van der Waals surface area contributed by atoms with Crippen molar-refractivity contribution in [2.24, 2.45) is 0 Å². The maximum absolute atomic E-state index is 12.2. The van der Waals surface area contributed by atoms with Crippen molar-refractivity contribution in [3.05, 3.63) is 28.2 Å². The maximum atomic E-state index is 12.2. The van der Waals surface area contributed by atoms with Crippen LogP contribution in [0.4, 0.5) is 5.69 Å². The van der Waals surface area contributed by atoms with E-state index < -0.39 is 10.2 Å². The first-order chi connectivity index (χ1) is 9.72. The van der Waals surface area contributed by atoms with Crippen molar-refractivity contribution in [2.75, 3.05) is 24.9 Å². The standard InChI is InChI=1S/C13H21Cl2N3O2S/c1-10(2)16-7-4-8-18(3)21(19,20)17-13-6-5-11(14)9-12(13)15/h5-6,9-10,16-17H,4,7-8H2,1-3H3. The Morgan fingerprint density at radius 1 is 1.29 bits per heavy atom. The molecular formula is C13H21Cl2N3O2S. The minimum absolute atomic E-state index is 0.265. The molecule has 0 heterocycles. The van der Waals surface area contributed by atoms with Crippen LogP contribution in [0.5, 0.6) is 0 Å². The Hall–Kier alpha value is -0.530. The van der Waals surface area contributed by atoms with Gasteiger partial charge >= 0.3 is 10.2 Å². The lowest BCUT2D eigenvalue weighted by molar-refractivity contribution is 0.451. The number of rotatable bonds is 8. The highest BCUT2D eigenvalue weighted by molar-refractivity contribution is 7.90. The lowest BCUT2D eigenvalue weighted by Gasteiger charge is -2.19. The number of hydrogen-bond donors (Lipinski definition) is 2. The van der Waals surface area contributed by atoms with Gasteiger partial charge in [-0.05, 0) is 31.2 Å². The molecule has 0 bridgehead atoms. The van der Waals surface area contributed by atoms with Crippen LogP contribution in [0.2, 0.25) is 10.0 Å². The Kier molecular flexibility index (Phi) is 7.23. The molecule has 0 aliphatic rings. The van der Waals surface area contributed by atoms with Crippen molar-refractivity contribution >= 4 is 39.1 Å².